The molecule has 1 unspecified atom stereocenters. The number of halogens is 8. The maximum Gasteiger partial charge on any atom is 0.417 e. The number of unbranched alkanes of at least 4 members (excludes halogenated alkanes) is 2. The largest absolute Gasteiger partial charge is 0.494 e. The average molecular weight is 616 g/mol. The monoisotopic (exact) mass is 615 g/mol. The van der Waals surface area contributed by atoms with E-state index < -0.39 is 58.8 Å². The fourth-order valence-corrected chi connectivity index (χ4v) is 5.72. The summed E-state index contributed by atoms with van der Waals surface area (Å²) >= 11 is 0. The molecule has 226 valence electrons. The van der Waals surface area contributed by atoms with E-state index in [1.54, 1.807) is 0 Å². The van der Waals surface area contributed by atoms with Gasteiger partial charge in [-0.05, 0) is 60.2 Å². The predicted molar refractivity (Wildman–Crippen MR) is 132 cm³/mol. The minimum absolute atomic E-state index is 0.00623. The van der Waals surface area contributed by atoms with Crippen molar-refractivity contribution in [3.05, 3.63) is 65.7 Å². The highest BCUT2D eigenvalue weighted by Crippen LogP contribution is 2.53. The van der Waals surface area contributed by atoms with E-state index in [1.165, 1.54) is 12.1 Å². The first-order valence-corrected chi connectivity index (χ1v) is 14.0. The number of benzene rings is 2. The van der Waals surface area contributed by atoms with E-state index in [1.807, 2.05) is 0 Å². The van der Waals surface area contributed by atoms with E-state index in [0.717, 1.165) is 42.5 Å². The second-order valence-corrected chi connectivity index (χ2v) is 11.1. The molecule has 0 fully saturated rings. The fraction of sp³-hybridized carbons (Fsp3) is 0.423. The number of carbonyl (C=O) groups is 1. The van der Waals surface area contributed by atoms with Gasteiger partial charge < -0.3 is 9.47 Å². The SMILES string of the molecule is CS(=O)(=O)N1C(=O)C=C(c2ccc(OC(F)F)cc2)CC1(c1ccc(OCCCCCC(F)(F)F)cc1)C(F)(F)F. The third kappa shape index (κ3) is 7.89. The minimum atomic E-state index is -5.31. The highest BCUT2D eigenvalue weighted by Gasteiger charge is 2.65. The molecule has 2 aromatic rings. The Balaban J connectivity index is 1.93. The molecule has 0 aromatic heterocycles. The third-order valence-corrected chi connectivity index (χ3v) is 7.40. The molecule has 0 radical (unpaired) electrons. The van der Waals surface area contributed by atoms with Crippen LogP contribution in [0.3, 0.4) is 0 Å². The van der Waals surface area contributed by atoms with E-state index in [2.05, 4.69) is 4.74 Å². The number of rotatable bonds is 11. The van der Waals surface area contributed by atoms with Gasteiger partial charge in [0.05, 0.1) is 12.9 Å². The van der Waals surface area contributed by atoms with Crippen molar-refractivity contribution < 1.29 is 57.8 Å². The van der Waals surface area contributed by atoms with Crippen LogP contribution in [0.4, 0.5) is 35.1 Å². The third-order valence-electron chi connectivity index (χ3n) is 6.25. The highest BCUT2D eigenvalue weighted by molar-refractivity contribution is 7.89. The van der Waals surface area contributed by atoms with Crippen molar-refractivity contribution in [1.29, 1.82) is 0 Å². The van der Waals surface area contributed by atoms with Crippen LogP contribution in [0.25, 0.3) is 5.57 Å². The number of amides is 1. The van der Waals surface area contributed by atoms with Crippen molar-refractivity contribution in [1.82, 2.24) is 4.31 Å². The van der Waals surface area contributed by atoms with E-state index in [-0.39, 0.29) is 52.8 Å². The molecular weight excluding hydrogens is 590 g/mol. The smallest absolute Gasteiger partial charge is 0.417 e. The Kier molecular flexibility index (Phi) is 9.61. The summed E-state index contributed by atoms with van der Waals surface area (Å²) in [6, 6.07) is 8.66. The van der Waals surface area contributed by atoms with E-state index in [4.69, 9.17) is 4.74 Å². The molecule has 41 heavy (non-hydrogen) atoms. The Bertz CT molecular complexity index is 1340. The van der Waals surface area contributed by atoms with Crippen LogP contribution in [0, 0.1) is 0 Å². The van der Waals surface area contributed by atoms with Gasteiger partial charge in [0.15, 0.2) is 5.54 Å². The topological polar surface area (TPSA) is 72.9 Å². The number of sulfonamides is 1. The first-order chi connectivity index (χ1) is 18.9. The molecule has 1 atom stereocenters. The molecule has 0 saturated heterocycles. The summed E-state index contributed by atoms with van der Waals surface area (Å²) in [6.45, 7) is -3.15. The quantitative estimate of drug-likeness (QED) is 0.205. The summed E-state index contributed by atoms with van der Waals surface area (Å²) in [5.41, 5.74) is -4.11. The molecule has 0 aliphatic carbocycles. The van der Waals surface area contributed by atoms with Gasteiger partial charge in [0.1, 0.15) is 11.5 Å². The van der Waals surface area contributed by atoms with Crippen LogP contribution in [0.2, 0.25) is 0 Å². The standard InChI is InChI=1S/C26H25F8NO5S/c1-41(37,38)35-22(36)15-18(17-5-9-21(10-6-17)40-23(27)28)16-24(35,26(32,33)34)19-7-11-20(12-8-19)39-14-4-2-3-13-25(29,30)31/h5-12,15,23H,2-4,13-14,16H2,1H3. The van der Waals surface area contributed by atoms with Crippen molar-refractivity contribution >= 4 is 21.5 Å². The van der Waals surface area contributed by atoms with Gasteiger partial charge in [0.25, 0.3) is 5.91 Å². The number of ether oxygens (including phenoxy) is 2. The van der Waals surface area contributed by atoms with Crippen molar-refractivity contribution in [3.63, 3.8) is 0 Å². The zero-order valence-corrected chi connectivity index (χ0v) is 22.3. The molecule has 1 heterocycles. The van der Waals surface area contributed by atoms with Gasteiger partial charge in [-0.1, -0.05) is 24.3 Å². The molecule has 6 nitrogen and oxygen atoms in total. The van der Waals surface area contributed by atoms with Crippen LogP contribution >= 0.6 is 0 Å². The lowest BCUT2D eigenvalue weighted by atomic mass is 9.78. The van der Waals surface area contributed by atoms with Gasteiger partial charge in [-0.3, -0.25) is 4.79 Å². The first-order valence-electron chi connectivity index (χ1n) is 12.1. The molecule has 3 rings (SSSR count). The zero-order chi connectivity index (χ0) is 30.6. The Morgan fingerprint density at radius 1 is 0.902 bits per heavy atom. The molecule has 15 heteroatoms. The van der Waals surface area contributed by atoms with Crippen LogP contribution < -0.4 is 9.47 Å². The second-order valence-electron chi connectivity index (χ2n) is 9.27. The van der Waals surface area contributed by atoms with Crippen LogP contribution in [0.5, 0.6) is 11.5 Å². The number of carbonyl (C=O) groups excluding carboxylic acids is 1. The summed E-state index contributed by atoms with van der Waals surface area (Å²) in [5, 5.41) is 0. The summed E-state index contributed by atoms with van der Waals surface area (Å²) in [5.74, 6) is -1.65. The molecule has 1 aliphatic heterocycles. The normalized spacial score (nSPS) is 18.4. The number of nitrogens with zero attached hydrogens (tertiary/aromatic N) is 1. The highest BCUT2D eigenvalue weighted by atomic mass is 32.2. The summed E-state index contributed by atoms with van der Waals surface area (Å²) in [4.78, 5) is 13.0. The van der Waals surface area contributed by atoms with Crippen molar-refractivity contribution in [2.45, 2.75) is 56.6 Å². The number of hydrogen-bond donors (Lipinski definition) is 0. The molecule has 0 N–H and O–H groups in total. The van der Waals surface area contributed by atoms with Crippen molar-refractivity contribution in [2.75, 3.05) is 12.9 Å². The Hall–Kier alpha value is -3.36. The summed E-state index contributed by atoms with van der Waals surface area (Å²) in [7, 11) is -4.78. The molecular formula is C26H25F8NO5S. The van der Waals surface area contributed by atoms with Gasteiger partial charge in [0, 0.05) is 18.9 Å². The molecule has 0 spiro atoms. The lowest BCUT2D eigenvalue weighted by molar-refractivity contribution is -0.221. The molecule has 0 saturated carbocycles. The van der Waals surface area contributed by atoms with Crippen LogP contribution in [-0.4, -0.2) is 50.5 Å². The Morgan fingerprint density at radius 2 is 1.49 bits per heavy atom. The first kappa shape index (κ1) is 32.2. The van der Waals surface area contributed by atoms with Gasteiger partial charge in [-0.25, -0.2) is 12.7 Å². The number of hydrogen-bond acceptors (Lipinski definition) is 5. The van der Waals surface area contributed by atoms with Crippen molar-refractivity contribution in [2.24, 2.45) is 0 Å². The van der Waals surface area contributed by atoms with Gasteiger partial charge in [-0.2, -0.15) is 35.1 Å². The fourth-order valence-electron chi connectivity index (χ4n) is 4.50. The van der Waals surface area contributed by atoms with E-state index >= 15 is 0 Å². The Morgan fingerprint density at radius 3 is 2.00 bits per heavy atom. The second kappa shape index (κ2) is 12.2. The minimum Gasteiger partial charge on any atom is -0.494 e. The molecule has 1 aliphatic rings. The average Bonchev–Trinajstić information content (AvgIpc) is 2.84. The maximum atomic E-state index is 14.9. The van der Waals surface area contributed by atoms with E-state index in [0.29, 0.717) is 6.26 Å². The van der Waals surface area contributed by atoms with Crippen molar-refractivity contribution in [3.8, 4) is 11.5 Å². The zero-order valence-electron chi connectivity index (χ0n) is 21.4. The van der Waals surface area contributed by atoms with Crippen LogP contribution in [0.15, 0.2) is 54.6 Å². The molecule has 1 amide bonds. The Labute approximate surface area is 230 Å². The van der Waals surface area contributed by atoms with Gasteiger partial charge in [-0.15, -0.1) is 0 Å². The lowest BCUT2D eigenvalue weighted by Gasteiger charge is -2.46. The lowest BCUT2D eigenvalue weighted by Crippen LogP contribution is -2.61. The van der Waals surface area contributed by atoms with Gasteiger partial charge >= 0.3 is 19.0 Å². The van der Waals surface area contributed by atoms with Gasteiger partial charge in [0.2, 0.25) is 10.0 Å². The molecule has 2 aromatic carbocycles. The maximum absolute atomic E-state index is 14.9. The summed E-state index contributed by atoms with van der Waals surface area (Å²) < 4.78 is 141. The van der Waals surface area contributed by atoms with Crippen LogP contribution in [-0.2, 0) is 20.4 Å². The number of alkyl halides is 8. The summed E-state index contributed by atoms with van der Waals surface area (Å²) in [6.07, 6.45) is -9.98. The predicted octanol–water partition coefficient (Wildman–Crippen LogP) is 6.82. The van der Waals surface area contributed by atoms with E-state index in [9.17, 15) is 48.3 Å². The van der Waals surface area contributed by atoms with Crippen LogP contribution in [0.1, 0.15) is 43.2 Å². The molecule has 0 bridgehead atoms.